The zero-order chi connectivity index (χ0) is 14.8. The van der Waals surface area contributed by atoms with Gasteiger partial charge in [-0.15, -0.1) is 0 Å². The van der Waals surface area contributed by atoms with Gasteiger partial charge in [-0.2, -0.15) is 10.5 Å². The molecule has 0 radical (unpaired) electrons. The summed E-state index contributed by atoms with van der Waals surface area (Å²) in [6.07, 6.45) is 0.202. The first-order chi connectivity index (χ1) is 10.2. The van der Waals surface area contributed by atoms with E-state index in [2.05, 4.69) is 17.1 Å². The highest BCUT2D eigenvalue weighted by Gasteiger charge is 2.14. The number of aromatic nitrogens is 2. The van der Waals surface area contributed by atoms with Crippen LogP contribution in [0.5, 0.6) is 0 Å². The van der Waals surface area contributed by atoms with Crippen molar-refractivity contribution in [3.05, 3.63) is 59.4 Å². The van der Waals surface area contributed by atoms with Gasteiger partial charge in [0.1, 0.15) is 11.9 Å². The molecule has 0 spiro atoms. The van der Waals surface area contributed by atoms with Crippen molar-refractivity contribution in [3.8, 4) is 17.8 Å². The number of hydrogen-bond acceptors (Lipinski definition) is 3. The number of fused-ring (bicyclic) bond motifs is 1. The van der Waals surface area contributed by atoms with Gasteiger partial charge in [0, 0.05) is 0 Å². The molecule has 0 aliphatic carbocycles. The molecule has 4 nitrogen and oxygen atoms in total. The summed E-state index contributed by atoms with van der Waals surface area (Å²) in [4.78, 5) is 4.51. The molecule has 3 rings (SSSR count). The summed E-state index contributed by atoms with van der Waals surface area (Å²) in [6.45, 7) is 1.98. The summed E-state index contributed by atoms with van der Waals surface area (Å²) < 4.78 is 1.91. The van der Waals surface area contributed by atoms with Gasteiger partial charge in [0.2, 0.25) is 0 Å². The maximum atomic E-state index is 9.35. The van der Waals surface area contributed by atoms with Crippen LogP contribution in [-0.2, 0) is 6.42 Å². The van der Waals surface area contributed by atoms with Crippen LogP contribution in [0.1, 0.15) is 17.0 Å². The molecule has 0 N–H and O–H groups in total. The minimum Gasteiger partial charge on any atom is -0.294 e. The van der Waals surface area contributed by atoms with E-state index in [-0.39, 0.29) is 6.42 Å². The summed E-state index contributed by atoms with van der Waals surface area (Å²) in [5, 5.41) is 18.4. The van der Waals surface area contributed by atoms with Crippen molar-refractivity contribution in [2.45, 2.75) is 13.3 Å². The number of benzene rings is 2. The summed E-state index contributed by atoms with van der Waals surface area (Å²) in [6, 6.07) is 17.7. The van der Waals surface area contributed by atoms with Crippen LogP contribution in [0, 0.1) is 29.6 Å². The van der Waals surface area contributed by atoms with Gasteiger partial charge in [-0.3, -0.25) is 4.57 Å². The zero-order valence-corrected chi connectivity index (χ0v) is 11.5. The lowest BCUT2D eigenvalue weighted by Gasteiger charge is -2.10. The average Bonchev–Trinajstić information content (AvgIpc) is 2.85. The van der Waals surface area contributed by atoms with E-state index in [0.29, 0.717) is 11.4 Å². The molecular weight excluding hydrogens is 260 g/mol. The van der Waals surface area contributed by atoms with Gasteiger partial charge in [0.15, 0.2) is 0 Å². The van der Waals surface area contributed by atoms with Crippen LogP contribution in [0.15, 0.2) is 42.5 Å². The molecule has 0 saturated heterocycles. The maximum absolute atomic E-state index is 9.35. The standard InChI is InChI=1S/C17H12N4/c1-12-6-7-13(11-19)16(10-12)21-15-5-3-2-4-14(15)20-17(21)8-9-18/h2-7,10H,8H2,1H3. The van der Waals surface area contributed by atoms with Crippen LogP contribution in [0.3, 0.4) is 0 Å². The zero-order valence-electron chi connectivity index (χ0n) is 11.5. The molecule has 2 aromatic carbocycles. The average molecular weight is 272 g/mol. The molecule has 3 aromatic rings. The van der Waals surface area contributed by atoms with Gasteiger partial charge >= 0.3 is 0 Å². The Balaban J connectivity index is 2.39. The van der Waals surface area contributed by atoms with Crippen LogP contribution in [0.25, 0.3) is 16.7 Å². The van der Waals surface area contributed by atoms with Crippen LogP contribution in [0.4, 0.5) is 0 Å². The Morgan fingerprint density at radius 2 is 1.95 bits per heavy atom. The van der Waals surface area contributed by atoms with Crippen LogP contribution in [0.2, 0.25) is 0 Å². The highest BCUT2D eigenvalue weighted by atomic mass is 15.1. The second kappa shape index (κ2) is 5.11. The third-order valence-corrected chi connectivity index (χ3v) is 3.38. The lowest BCUT2D eigenvalue weighted by atomic mass is 10.1. The predicted molar refractivity (Wildman–Crippen MR) is 79.8 cm³/mol. The monoisotopic (exact) mass is 272 g/mol. The minimum absolute atomic E-state index is 0.202. The largest absolute Gasteiger partial charge is 0.294 e. The van der Waals surface area contributed by atoms with Gasteiger partial charge in [-0.25, -0.2) is 4.98 Å². The van der Waals surface area contributed by atoms with Gasteiger partial charge in [0.05, 0.1) is 34.8 Å². The van der Waals surface area contributed by atoms with Crippen molar-refractivity contribution in [1.29, 1.82) is 10.5 Å². The number of hydrogen-bond donors (Lipinski definition) is 0. The van der Waals surface area contributed by atoms with Crippen molar-refractivity contribution < 1.29 is 0 Å². The Morgan fingerprint density at radius 1 is 1.14 bits per heavy atom. The Bertz CT molecular complexity index is 907. The molecule has 0 amide bonds. The van der Waals surface area contributed by atoms with Crippen LogP contribution >= 0.6 is 0 Å². The predicted octanol–water partition coefficient (Wildman–Crippen LogP) is 3.27. The van der Waals surface area contributed by atoms with E-state index >= 15 is 0 Å². The highest BCUT2D eigenvalue weighted by molar-refractivity contribution is 5.79. The summed E-state index contributed by atoms with van der Waals surface area (Å²) >= 11 is 0. The Kier molecular flexibility index (Phi) is 3.14. The van der Waals surface area contributed by atoms with E-state index in [1.165, 1.54) is 0 Å². The normalized spacial score (nSPS) is 10.2. The van der Waals surface area contributed by atoms with Crippen molar-refractivity contribution in [2.24, 2.45) is 0 Å². The van der Waals surface area contributed by atoms with Crippen molar-refractivity contribution in [1.82, 2.24) is 9.55 Å². The van der Waals surface area contributed by atoms with E-state index in [9.17, 15) is 5.26 Å². The number of imidazole rings is 1. The highest BCUT2D eigenvalue weighted by Crippen LogP contribution is 2.25. The molecule has 0 aliphatic rings. The van der Waals surface area contributed by atoms with E-state index in [0.717, 1.165) is 22.3 Å². The van der Waals surface area contributed by atoms with Crippen molar-refractivity contribution in [2.75, 3.05) is 0 Å². The summed E-state index contributed by atoms with van der Waals surface area (Å²) in [5.74, 6) is 0.654. The number of rotatable bonds is 2. The molecule has 0 aliphatic heterocycles. The van der Waals surface area contributed by atoms with Crippen LogP contribution < -0.4 is 0 Å². The quantitative estimate of drug-likeness (QED) is 0.719. The summed E-state index contributed by atoms with van der Waals surface area (Å²) in [5.41, 5.74) is 4.14. The van der Waals surface area contributed by atoms with Crippen molar-refractivity contribution in [3.63, 3.8) is 0 Å². The molecule has 0 fully saturated rings. The first kappa shape index (κ1) is 12.9. The van der Waals surface area contributed by atoms with E-state index in [1.807, 2.05) is 47.9 Å². The maximum Gasteiger partial charge on any atom is 0.128 e. The Morgan fingerprint density at radius 3 is 2.71 bits per heavy atom. The second-order valence-electron chi connectivity index (χ2n) is 4.82. The van der Waals surface area contributed by atoms with Crippen LogP contribution in [-0.4, -0.2) is 9.55 Å². The molecule has 100 valence electrons. The molecule has 4 heteroatoms. The van der Waals surface area contributed by atoms with E-state index in [4.69, 9.17) is 5.26 Å². The fourth-order valence-corrected chi connectivity index (χ4v) is 2.46. The Labute approximate surface area is 122 Å². The Hall–Kier alpha value is -3.11. The fraction of sp³-hybridized carbons (Fsp3) is 0.118. The van der Waals surface area contributed by atoms with Gasteiger partial charge in [-0.1, -0.05) is 18.2 Å². The third-order valence-electron chi connectivity index (χ3n) is 3.38. The molecule has 1 aromatic heterocycles. The smallest absolute Gasteiger partial charge is 0.128 e. The number of para-hydroxylation sites is 2. The molecular formula is C17H12N4. The van der Waals surface area contributed by atoms with E-state index in [1.54, 1.807) is 6.07 Å². The van der Waals surface area contributed by atoms with Gasteiger partial charge in [-0.05, 0) is 36.8 Å². The fourth-order valence-electron chi connectivity index (χ4n) is 2.46. The summed E-state index contributed by atoms with van der Waals surface area (Å²) in [7, 11) is 0. The lowest BCUT2D eigenvalue weighted by molar-refractivity contribution is 0.950. The van der Waals surface area contributed by atoms with Gasteiger partial charge < -0.3 is 0 Å². The SMILES string of the molecule is Cc1ccc(C#N)c(-n2c(CC#N)nc3ccccc32)c1. The molecule has 1 heterocycles. The molecule has 21 heavy (non-hydrogen) atoms. The number of aryl methyl sites for hydroxylation is 1. The number of nitrogens with zero attached hydrogens (tertiary/aromatic N) is 4. The first-order valence-electron chi connectivity index (χ1n) is 6.59. The molecule has 0 bridgehead atoms. The number of nitriles is 2. The molecule has 0 atom stereocenters. The van der Waals surface area contributed by atoms with Gasteiger partial charge in [0.25, 0.3) is 0 Å². The minimum atomic E-state index is 0.202. The first-order valence-corrected chi connectivity index (χ1v) is 6.59. The van der Waals surface area contributed by atoms with E-state index < -0.39 is 0 Å². The molecule has 0 unspecified atom stereocenters. The van der Waals surface area contributed by atoms with Crippen molar-refractivity contribution >= 4 is 11.0 Å². The third kappa shape index (κ3) is 2.13. The molecule has 0 saturated carbocycles. The second-order valence-corrected chi connectivity index (χ2v) is 4.82. The topological polar surface area (TPSA) is 65.4 Å². The lowest BCUT2D eigenvalue weighted by Crippen LogP contribution is -2.03.